The van der Waals surface area contributed by atoms with Crippen molar-refractivity contribution in [1.29, 1.82) is 0 Å². The second-order valence-corrected chi connectivity index (χ2v) is 6.88. The molecule has 1 amide bonds. The van der Waals surface area contributed by atoms with Gasteiger partial charge in [-0.3, -0.25) is 4.79 Å². The molecule has 0 saturated carbocycles. The van der Waals surface area contributed by atoms with E-state index >= 15 is 0 Å². The van der Waals surface area contributed by atoms with Crippen LogP contribution in [0.3, 0.4) is 0 Å². The van der Waals surface area contributed by atoms with E-state index in [4.69, 9.17) is 11.6 Å². The van der Waals surface area contributed by atoms with Gasteiger partial charge in [0.25, 0.3) is 0 Å². The Labute approximate surface area is 136 Å². The number of carbonyl (C=O) groups is 1. The van der Waals surface area contributed by atoms with Crippen molar-refractivity contribution in [3.05, 3.63) is 28.8 Å². The zero-order valence-corrected chi connectivity index (χ0v) is 14.1. The first-order chi connectivity index (χ1) is 10.2. The zero-order chi connectivity index (χ0) is 15.1. The first-order valence-electron chi connectivity index (χ1n) is 7.59. The van der Waals surface area contributed by atoms with Crippen LogP contribution in [0.15, 0.2) is 18.2 Å². The highest BCUT2D eigenvalue weighted by Crippen LogP contribution is 2.29. The monoisotopic (exact) mass is 326 g/mol. The smallest absolute Gasteiger partial charge is 0.230 e. The number of benzene rings is 1. The Morgan fingerprint density at radius 2 is 2.10 bits per heavy atom. The van der Waals surface area contributed by atoms with Crippen molar-refractivity contribution in [3.8, 4) is 0 Å². The van der Waals surface area contributed by atoms with Crippen molar-refractivity contribution >= 4 is 35.0 Å². The topological polar surface area (TPSA) is 32.3 Å². The standard InChI is InChI=1S/C16H23ClN2OS/c1-2-21-12-16(20)18-11-13-14(17)7-6-8-15(13)19-9-4-3-5-10-19/h6-8H,2-5,9-12H2,1H3,(H,18,20). The maximum Gasteiger partial charge on any atom is 0.230 e. The highest BCUT2D eigenvalue weighted by atomic mass is 35.5. The number of hydrogen-bond donors (Lipinski definition) is 1. The van der Waals surface area contributed by atoms with Crippen molar-refractivity contribution < 1.29 is 4.79 Å². The Morgan fingerprint density at radius 1 is 1.33 bits per heavy atom. The summed E-state index contributed by atoms with van der Waals surface area (Å²) >= 11 is 7.99. The van der Waals surface area contributed by atoms with Crippen LogP contribution in [0, 0.1) is 0 Å². The molecule has 0 aliphatic carbocycles. The molecule has 1 fully saturated rings. The molecule has 0 spiro atoms. The van der Waals surface area contributed by atoms with Crippen molar-refractivity contribution in [2.75, 3.05) is 29.5 Å². The number of rotatable bonds is 6. The van der Waals surface area contributed by atoms with Crippen molar-refractivity contribution in [2.45, 2.75) is 32.7 Å². The Morgan fingerprint density at radius 3 is 2.81 bits per heavy atom. The van der Waals surface area contributed by atoms with Gasteiger partial charge in [0.05, 0.1) is 5.75 Å². The van der Waals surface area contributed by atoms with Crippen LogP contribution in [0.4, 0.5) is 5.69 Å². The average molecular weight is 327 g/mol. The molecule has 0 bridgehead atoms. The maximum atomic E-state index is 11.8. The second-order valence-electron chi connectivity index (χ2n) is 5.20. The minimum atomic E-state index is 0.0753. The predicted molar refractivity (Wildman–Crippen MR) is 92.4 cm³/mol. The molecule has 21 heavy (non-hydrogen) atoms. The third-order valence-electron chi connectivity index (χ3n) is 3.69. The van der Waals surface area contributed by atoms with Crippen LogP contribution in [0.2, 0.25) is 5.02 Å². The van der Waals surface area contributed by atoms with Gasteiger partial charge in [0, 0.05) is 35.9 Å². The molecule has 0 radical (unpaired) electrons. The molecule has 1 saturated heterocycles. The van der Waals surface area contributed by atoms with E-state index in [2.05, 4.69) is 23.2 Å². The molecule has 0 aromatic heterocycles. The summed E-state index contributed by atoms with van der Waals surface area (Å²) in [5.41, 5.74) is 2.21. The lowest BCUT2D eigenvalue weighted by atomic mass is 10.1. The second kappa shape index (κ2) is 8.54. The van der Waals surface area contributed by atoms with E-state index in [0.717, 1.165) is 29.4 Å². The van der Waals surface area contributed by atoms with Gasteiger partial charge < -0.3 is 10.2 Å². The summed E-state index contributed by atoms with van der Waals surface area (Å²) in [5, 5.41) is 3.72. The Balaban J connectivity index is 2.05. The molecular weight excluding hydrogens is 304 g/mol. The number of anilines is 1. The fourth-order valence-electron chi connectivity index (χ4n) is 2.59. The number of piperidine rings is 1. The first kappa shape index (κ1) is 16.5. The summed E-state index contributed by atoms with van der Waals surface area (Å²) in [7, 11) is 0. The quantitative estimate of drug-likeness (QED) is 0.865. The molecule has 0 unspecified atom stereocenters. The first-order valence-corrected chi connectivity index (χ1v) is 9.12. The van der Waals surface area contributed by atoms with E-state index < -0.39 is 0 Å². The van der Waals surface area contributed by atoms with E-state index in [1.165, 1.54) is 24.9 Å². The average Bonchev–Trinajstić information content (AvgIpc) is 2.52. The number of thioether (sulfide) groups is 1. The van der Waals surface area contributed by atoms with Crippen LogP contribution in [-0.2, 0) is 11.3 Å². The lowest BCUT2D eigenvalue weighted by Crippen LogP contribution is -2.32. The molecule has 5 heteroatoms. The van der Waals surface area contributed by atoms with E-state index in [9.17, 15) is 4.79 Å². The van der Waals surface area contributed by atoms with Crippen molar-refractivity contribution in [2.24, 2.45) is 0 Å². The number of halogens is 1. The zero-order valence-electron chi connectivity index (χ0n) is 12.5. The van der Waals surface area contributed by atoms with Crippen LogP contribution in [-0.4, -0.2) is 30.5 Å². The summed E-state index contributed by atoms with van der Waals surface area (Å²) in [4.78, 5) is 14.2. The Hall–Kier alpha value is -0.870. The molecule has 1 N–H and O–H groups in total. The van der Waals surface area contributed by atoms with Gasteiger partial charge in [0.15, 0.2) is 0 Å². The van der Waals surface area contributed by atoms with Gasteiger partial charge in [-0.1, -0.05) is 24.6 Å². The van der Waals surface area contributed by atoms with Crippen LogP contribution in [0.1, 0.15) is 31.7 Å². The molecule has 1 aliphatic heterocycles. The van der Waals surface area contributed by atoms with Gasteiger partial charge in [0.1, 0.15) is 0 Å². The van der Waals surface area contributed by atoms with Crippen molar-refractivity contribution in [1.82, 2.24) is 5.32 Å². The fourth-order valence-corrected chi connectivity index (χ4v) is 3.31. The molecular formula is C16H23ClN2OS. The van der Waals surface area contributed by atoms with Crippen LogP contribution in [0.5, 0.6) is 0 Å². The molecule has 116 valence electrons. The van der Waals surface area contributed by atoms with Crippen LogP contribution < -0.4 is 10.2 Å². The summed E-state index contributed by atoms with van der Waals surface area (Å²) in [6.07, 6.45) is 3.76. The number of carbonyl (C=O) groups excluding carboxylic acids is 1. The third kappa shape index (κ3) is 4.82. The summed E-state index contributed by atoms with van der Waals surface area (Å²) in [6, 6.07) is 6.00. The van der Waals surface area contributed by atoms with Gasteiger partial charge in [-0.25, -0.2) is 0 Å². The van der Waals surface area contributed by atoms with E-state index in [1.807, 2.05) is 12.1 Å². The van der Waals surface area contributed by atoms with Gasteiger partial charge in [-0.2, -0.15) is 11.8 Å². The fraction of sp³-hybridized carbons (Fsp3) is 0.562. The Bertz CT molecular complexity index is 475. The molecule has 1 heterocycles. The molecule has 2 rings (SSSR count). The summed E-state index contributed by atoms with van der Waals surface area (Å²) in [6.45, 7) is 4.72. The minimum Gasteiger partial charge on any atom is -0.371 e. The van der Waals surface area contributed by atoms with Crippen LogP contribution in [0.25, 0.3) is 0 Å². The van der Waals surface area contributed by atoms with Gasteiger partial charge in [0.2, 0.25) is 5.91 Å². The highest BCUT2D eigenvalue weighted by Gasteiger charge is 2.16. The number of nitrogens with one attached hydrogen (secondary N) is 1. The number of amides is 1. The maximum absolute atomic E-state index is 11.8. The lowest BCUT2D eigenvalue weighted by molar-refractivity contribution is -0.118. The van der Waals surface area contributed by atoms with Gasteiger partial charge in [-0.05, 0) is 37.1 Å². The summed E-state index contributed by atoms with van der Waals surface area (Å²) < 4.78 is 0. The highest BCUT2D eigenvalue weighted by molar-refractivity contribution is 7.99. The predicted octanol–water partition coefficient (Wildman–Crippen LogP) is 3.70. The molecule has 1 aromatic carbocycles. The molecule has 1 aromatic rings. The van der Waals surface area contributed by atoms with E-state index in [-0.39, 0.29) is 5.91 Å². The van der Waals surface area contributed by atoms with E-state index in [1.54, 1.807) is 11.8 Å². The summed E-state index contributed by atoms with van der Waals surface area (Å²) in [5.74, 6) is 1.55. The lowest BCUT2D eigenvalue weighted by Gasteiger charge is -2.31. The van der Waals surface area contributed by atoms with Crippen LogP contribution >= 0.6 is 23.4 Å². The minimum absolute atomic E-state index is 0.0753. The van der Waals surface area contributed by atoms with Crippen molar-refractivity contribution in [3.63, 3.8) is 0 Å². The molecule has 3 nitrogen and oxygen atoms in total. The molecule has 0 atom stereocenters. The molecule has 1 aliphatic rings. The number of hydrogen-bond acceptors (Lipinski definition) is 3. The largest absolute Gasteiger partial charge is 0.371 e. The Kier molecular flexibility index (Phi) is 6.71. The third-order valence-corrected chi connectivity index (χ3v) is 4.92. The number of nitrogens with zero attached hydrogens (tertiary/aromatic N) is 1. The van der Waals surface area contributed by atoms with Gasteiger partial charge >= 0.3 is 0 Å². The normalized spacial score (nSPS) is 15.0. The van der Waals surface area contributed by atoms with Gasteiger partial charge in [-0.15, -0.1) is 0 Å². The SMILES string of the molecule is CCSCC(=O)NCc1c(Cl)cccc1N1CCCCC1. The van der Waals surface area contributed by atoms with E-state index in [0.29, 0.717) is 12.3 Å².